The number of benzene rings is 1. The van der Waals surface area contributed by atoms with Crippen molar-refractivity contribution in [1.29, 1.82) is 0 Å². The van der Waals surface area contributed by atoms with E-state index in [9.17, 15) is 19.5 Å². The first-order valence-electron chi connectivity index (χ1n) is 5.50. The molecule has 108 valence electrons. The van der Waals surface area contributed by atoms with E-state index in [0.717, 1.165) is 11.0 Å². The maximum Gasteiger partial charge on any atom is 0.335 e. The number of phenols is 1. The summed E-state index contributed by atoms with van der Waals surface area (Å²) in [6.07, 6.45) is 0. The fourth-order valence-corrected chi connectivity index (χ4v) is 1.31. The van der Waals surface area contributed by atoms with Crippen LogP contribution in [0.5, 0.6) is 5.75 Å². The number of esters is 1. The van der Waals surface area contributed by atoms with Gasteiger partial charge in [-0.25, -0.2) is 9.59 Å². The van der Waals surface area contributed by atoms with Crippen LogP contribution in [0.4, 0.5) is 10.5 Å². The van der Waals surface area contributed by atoms with Crippen molar-refractivity contribution < 1.29 is 29.3 Å². The summed E-state index contributed by atoms with van der Waals surface area (Å²) in [4.78, 5) is 34.5. The zero-order chi connectivity index (χ0) is 15.3. The minimum atomic E-state index is -1.19. The second-order valence-corrected chi connectivity index (χ2v) is 3.90. The van der Waals surface area contributed by atoms with Gasteiger partial charge in [0, 0.05) is 7.05 Å². The Bertz CT molecular complexity index is 543. The molecule has 0 fully saturated rings. The van der Waals surface area contributed by atoms with Gasteiger partial charge in [0.2, 0.25) is 0 Å². The van der Waals surface area contributed by atoms with Crippen molar-refractivity contribution in [3.63, 3.8) is 0 Å². The molecule has 0 aromatic heterocycles. The number of carbonyl (C=O) groups is 3. The first kappa shape index (κ1) is 15.3. The van der Waals surface area contributed by atoms with Crippen LogP contribution in [-0.4, -0.2) is 53.8 Å². The molecule has 8 nitrogen and oxygen atoms in total. The number of hydrogen-bond donors (Lipinski definition) is 3. The highest BCUT2D eigenvalue weighted by Crippen LogP contribution is 2.24. The summed E-state index contributed by atoms with van der Waals surface area (Å²) >= 11 is 0. The van der Waals surface area contributed by atoms with Gasteiger partial charge in [-0.3, -0.25) is 4.79 Å². The third kappa shape index (κ3) is 3.87. The lowest BCUT2D eigenvalue weighted by atomic mass is 10.2. The lowest BCUT2D eigenvalue weighted by molar-refractivity contribution is -0.140. The van der Waals surface area contributed by atoms with E-state index < -0.39 is 18.0 Å². The van der Waals surface area contributed by atoms with Crippen LogP contribution in [0.3, 0.4) is 0 Å². The average molecular weight is 282 g/mol. The number of methoxy groups -OCH3 is 1. The first-order valence-corrected chi connectivity index (χ1v) is 5.50. The number of carboxylic acid groups (broad SMARTS) is 1. The lowest BCUT2D eigenvalue weighted by Gasteiger charge is -2.17. The molecule has 0 unspecified atom stereocenters. The van der Waals surface area contributed by atoms with E-state index in [1.807, 2.05) is 0 Å². The van der Waals surface area contributed by atoms with Gasteiger partial charge in [-0.05, 0) is 18.2 Å². The Kier molecular flexibility index (Phi) is 4.90. The van der Waals surface area contributed by atoms with Crippen LogP contribution >= 0.6 is 0 Å². The number of carbonyl (C=O) groups excluding carboxylic acids is 2. The zero-order valence-electron chi connectivity index (χ0n) is 10.9. The third-order valence-electron chi connectivity index (χ3n) is 2.43. The molecule has 0 aliphatic rings. The van der Waals surface area contributed by atoms with Crippen molar-refractivity contribution in [1.82, 2.24) is 4.90 Å². The quantitative estimate of drug-likeness (QED) is 0.553. The third-order valence-corrected chi connectivity index (χ3v) is 2.43. The van der Waals surface area contributed by atoms with Gasteiger partial charge >= 0.3 is 18.0 Å². The highest BCUT2D eigenvalue weighted by molar-refractivity contribution is 5.94. The van der Waals surface area contributed by atoms with Crippen LogP contribution in [-0.2, 0) is 9.53 Å². The molecule has 2 amide bonds. The van der Waals surface area contributed by atoms with Crippen LogP contribution in [0.2, 0.25) is 0 Å². The topological polar surface area (TPSA) is 116 Å². The maximum absolute atomic E-state index is 11.7. The number of amides is 2. The second-order valence-electron chi connectivity index (χ2n) is 3.90. The predicted octanol–water partition coefficient (Wildman–Crippen LogP) is 0.727. The van der Waals surface area contributed by atoms with Crippen LogP contribution in [0.15, 0.2) is 18.2 Å². The van der Waals surface area contributed by atoms with Crippen LogP contribution in [0, 0.1) is 0 Å². The monoisotopic (exact) mass is 282 g/mol. The molecule has 0 atom stereocenters. The van der Waals surface area contributed by atoms with Crippen LogP contribution < -0.4 is 5.32 Å². The number of likely N-dealkylation sites (N-methyl/N-ethyl adjacent to an activating group) is 1. The Morgan fingerprint density at radius 3 is 2.50 bits per heavy atom. The minimum Gasteiger partial charge on any atom is -0.506 e. The Hall–Kier alpha value is -2.77. The smallest absolute Gasteiger partial charge is 0.335 e. The highest BCUT2D eigenvalue weighted by Gasteiger charge is 2.15. The average Bonchev–Trinajstić information content (AvgIpc) is 2.40. The molecule has 1 aromatic carbocycles. The maximum atomic E-state index is 11.7. The summed E-state index contributed by atoms with van der Waals surface area (Å²) in [5.74, 6) is -2.17. The van der Waals surface area contributed by atoms with Crippen molar-refractivity contribution in [2.45, 2.75) is 0 Å². The molecule has 3 N–H and O–H groups in total. The molecule has 1 rings (SSSR count). The van der Waals surface area contributed by atoms with Crippen molar-refractivity contribution in [2.24, 2.45) is 0 Å². The van der Waals surface area contributed by atoms with E-state index in [1.165, 1.54) is 26.3 Å². The molecule has 20 heavy (non-hydrogen) atoms. The molecule has 0 heterocycles. The van der Waals surface area contributed by atoms with E-state index in [2.05, 4.69) is 10.1 Å². The summed E-state index contributed by atoms with van der Waals surface area (Å²) in [5.41, 5.74) is -0.0693. The first-order chi connectivity index (χ1) is 9.35. The zero-order valence-corrected chi connectivity index (χ0v) is 10.9. The number of rotatable bonds is 4. The van der Waals surface area contributed by atoms with E-state index in [4.69, 9.17) is 5.11 Å². The molecule has 0 bridgehead atoms. The molecular weight excluding hydrogens is 268 g/mol. The minimum absolute atomic E-state index is 0.0386. The Labute approximate surface area is 114 Å². The number of nitrogens with zero attached hydrogens (tertiary/aromatic N) is 1. The normalized spacial score (nSPS) is 9.70. The fraction of sp³-hybridized carbons (Fsp3) is 0.250. The largest absolute Gasteiger partial charge is 0.506 e. The molecule has 0 radical (unpaired) electrons. The van der Waals surface area contributed by atoms with E-state index in [-0.39, 0.29) is 23.5 Å². The number of anilines is 1. The summed E-state index contributed by atoms with van der Waals surface area (Å²) < 4.78 is 4.41. The molecular formula is C12H14N2O6. The standard InChI is InChI=1S/C12H14N2O6/c1-14(6-10(16)20-2)12(19)13-8-4-3-7(11(17)18)5-9(8)15/h3-5,15H,6H2,1-2H3,(H,13,19)(H,17,18). The summed E-state index contributed by atoms with van der Waals surface area (Å²) in [5, 5.41) is 20.7. The van der Waals surface area contributed by atoms with E-state index >= 15 is 0 Å². The van der Waals surface area contributed by atoms with Gasteiger partial charge in [-0.15, -0.1) is 0 Å². The summed E-state index contributed by atoms with van der Waals surface area (Å²) in [7, 11) is 2.57. The molecule has 0 spiro atoms. The fourth-order valence-electron chi connectivity index (χ4n) is 1.31. The van der Waals surface area contributed by atoms with Crippen molar-refractivity contribution in [3.05, 3.63) is 23.8 Å². The number of hydrogen-bond acceptors (Lipinski definition) is 5. The van der Waals surface area contributed by atoms with Gasteiger partial charge < -0.3 is 25.2 Å². The number of aromatic carboxylic acids is 1. The molecule has 0 saturated heterocycles. The number of aromatic hydroxyl groups is 1. The summed E-state index contributed by atoms with van der Waals surface area (Å²) in [6.45, 7) is -0.254. The number of nitrogens with one attached hydrogen (secondary N) is 1. The van der Waals surface area contributed by atoms with Gasteiger partial charge in [-0.2, -0.15) is 0 Å². The Balaban J connectivity index is 2.75. The van der Waals surface area contributed by atoms with Gasteiger partial charge in [0.1, 0.15) is 12.3 Å². The van der Waals surface area contributed by atoms with Gasteiger partial charge in [0.05, 0.1) is 18.4 Å². The Morgan fingerprint density at radius 1 is 1.35 bits per heavy atom. The van der Waals surface area contributed by atoms with Gasteiger partial charge in [-0.1, -0.05) is 0 Å². The van der Waals surface area contributed by atoms with E-state index in [1.54, 1.807) is 0 Å². The van der Waals surface area contributed by atoms with Crippen molar-refractivity contribution in [3.8, 4) is 5.75 Å². The van der Waals surface area contributed by atoms with Gasteiger partial charge in [0.15, 0.2) is 0 Å². The number of urea groups is 1. The molecule has 0 aliphatic carbocycles. The molecule has 0 saturated carbocycles. The number of carboxylic acids is 1. The Morgan fingerprint density at radius 2 is 2.00 bits per heavy atom. The predicted molar refractivity (Wildman–Crippen MR) is 68.7 cm³/mol. The molecule has 0 aliphatic heterocycles. The molecule has 8 heteroatoms. The van der Waals surface area contributed by atoms with Crippen LogP contribution in [0.1, 0.15) is 10.4 Å². The van der Waals surface area contributed by atoms with E-state index in [0.29, 0.717) is 0 Å². The summed E-state index contributed by atoms with van der Waals surface area (Å²) in [6, 6.07) is 2.85. The number of phenolic OH excluding ortho intramolecular Hbond substituents is 1. The molecule has 1 aromatic rings. The van der Waals surface area contributed by atoms with Crippen LogP contribution in [0.25, 0.3) is 0 Å². The number of ether oxygens (including phenoxy) is 1. The SMILES string of the molecule is COC(=O)CN(C)C(=O)Nc1ccc(C(=O)O)cc1O. The highest BCUT2D eigenvalue weighted by atomic mass is 16.5. The van der Waals surface area contributed by atoms with Crippen molar-refractivity contribution >= 4 is 23.7 Å². The lowest BCUT2D eigenvalue weighted by Crippen LogP contribution is -2.35. The van der Waals surface area contributed by atoms with Crippen molar-refractivity contribution in [2.75, 3.05) is 26.0 Å². The van der Waals surface area contributed by atoms with Gasteiger partial charge in [0.25, 0.3) is 0 Å². The second kappa shape index (κ2) is 6.41.